The average Bonchev–Trinajstić information content (AvgIpc) is 3.12. The molecular weight excluding hydrogens is 352 g/mol. The number of thiazole rings is 1. The van der Waals surface area contributed by atoms with Crippen LogP contribution in [0.1, 0.15) is 15.5 Å². The highest BCUT2D eigenvalue weighted by Crippen LogP contribution is 2.34. The van der Waals surface area contributed by atoms with Crippen molar-refractivity contribution in [2.24, 2.45) is 0 Å². The van der Waals surface area contributed by atoms with Gasteiger partial charge in [-0.25, -0.2) is 4.98 Å². The fraction of sp³-hybridized carbons (Fsp3) is 0.0435. The van der Waals surface area contributed by atoms with E-state index in [1.807, 2.05) is 97.9 Å². The van der Waals surface area contributed by atoms with Crippen molar-refractivity contribution >= 4 is 28.6 Å². The van der Waals surface area contributed by atoms with Gasteiger partial charge in [0.15, 0.2) is 0 Å². The smallest absolute Gasteiger partial charge is 0.276 e. The van der Waals surface area contributed by atoms with E-state index in [4.69, 9.17) is 0 Å². The summed E-state index contributed by atoms with van der Waals surface area (Å²) in [4.78, 5) is 20.8. The molecule has 0 aliphatic heterocycles. The molecule has 0 fully saturated rings. The Morgan fingerprint density at radius 3 is 1.78 bits per heavy atom. The zero-order valence-electron chi connectivity index (χ0n) is 14.9. The molecule has 0 unspecified atom stereocenters. The van der Waals surface area contributed by atoms with Crippen LogP contribution in [-0.4, -0.2) is 10.9 Å². The van der Waals surface area contributed by atoms with E-state index in [9.17, 15) is 4.79 Å². The summed E-state index contributed by atoms with van der Waals surface area (Å²) in [5.41, 5.74) is 3.13. The van der Waals surface area contributed by atoms with Crippen LogP contribution in [0.4, 0.5) is 11.4 Å². The van der Waals surface area contributed by atoms with Crippen molar-refractivity contribution in [1.82, 2.24) is 4.98 Å². The van der Waals surface area contributed by atoms with Gasteiger partial charge in [0.25, 0.3) is 5.91 Å². The normalized spacial score (nSPS) is 10.6. The van der Waals surface area contributed by atoms with Crippen molar-refractivity contribution in [1.29, 1.82) is 0 Å². The van der Waals surface area contributed by atoms with Crippen molar-refractivity contribution in [2.45, 2.75) is 6.92 Å². The SMILES string of the molecule is Cc1nc(C(=O)N(c2ccccc2)c2ccccc2)c(-c2ccccc2)s1. The highest BCUT2D eigenvalue weighted by molar-refractivity contribution is 7.15. The lowest BCUT2D eigenvalue weighted by molar-refractivity contribution is 0.0995. The second-order valence-corrected chi connectivity index (χ2v) is 7.29. The van der Waals surface area contributed by atoms with Crippen LogP contribution in [0, 0.1) is 6.92 Å². The average molecular weight is 370 g/mol. The van der Waals surface area contributed by atoms with E-state index in [2.05, 4.69) is 4.98 Å². The number of hydrogen-bond donors (Lipinski definition) is 0. The Morgan fingerprint density at radius 1 is 0.778 bits per heavy atom. The largest absolute Gasteiger partial charge is 0.282 e. The Hall–Kier alpha value is -3.24. The van der Waals surface area contributed by atoms with Crippen LogP contribution in [-0.2, 0) is 0 Å². The first-order chi connectivity index (χ1) is 13.2. The third-order valence-corrected chi connectivity index (χ3v) is 5.22. The van der Waals surface area contributed by atoms with Crippen molar-refractivity contribution in [3.05, 3.63) is 102 Å². The summed E-state index contributed by atoms with van der Waals surface area (Å²) in [5, 5.41) is 0.873. The third-order valence-electron chi connectivity index (χ3n) is 4.20. The van der Waals surface area contributed by atoms with E-state index < -0.39 is 0 Å². The van der Waals surface area contributed by atoms with Gasteiger partial charge in [0.05, 0.1) is 9.88 Å². The van der Waals surface area contributed by atoms with Gasteiger partial charge in [-0.05, 0) is 36.8 Å². The number of rotatable bonds is 4. The second kappa shape index (κ2) is 7.56. The fourth-order valence-corrected chi connectivity index (χ4v) is 3.92. The van der Waals surface area contributed by atoms with Crippen molar-refractivity contribution < 1.29 is 4.79 Å². The monoisotopic (exact) mass is 370 g/mol. The van der Waals surface area contributed by atoms with Gasteiger partial charge < -0.3 is 0 Å². The number of benzene rings is 3. The lowest BCUT2D eigenvalue weighted by Crippen LogP contribution is -2.26. The molecule has 0 atom stereocenters. The van der Waals surface area contributed by atoms with Crippen LogP contribution < -0.4 is 4.90 Å². The van der Waals surface area contributed by atoms with Crippen LogP contribution in [0.5, 0.6) is 0 Å². The number of carbonyl (C=O) groups excluding carboxylic acids is 1. The number of amides is 1. The molecule has 0 saturated heterocycles. The highest BCUT2D eigenvalue weighted by Gasteiger charge is 2.25. The first-order valence-corrected chi connectivity index (χ1v) is 9.53. The van der Waals surface area contributed by atoms with Gasteiger partial charge in [0.1, 0.15) is 5.69 Å². The number of aryl methyl sites for hydroxylation is 1. The Bertz CT molecular complexity index is 1000. The van der Waals surface area contributed by atoms with Crippen LogP contribution in [0.25, 0.3) is 10.4 Å². The Labute approximate surface area is 162 Å². The Morgan fingerprint density at radius 2 is 1.26 bits per heavy atom. The van der Waals surface area contributed by atoms with Gasteiger partial charge in [-0.1, -0.05) is 66.7 Å². The van der Waals surface area contributed by atoms with Gasteiger partial charge in [-0.2, -0.15) is 0 Å². The summed E-state index contributed by atoms with van der Waals surface area (Å²) in [5.74, 6) is -0.129. The molecular formula is C23H18N2OS. The summed E-state index contributed by atoms with van der Waals surface area (Å²) in [6.07, 6.45) is 0. The van der Waals surface area contributed by atoms with Gasteiger partial charge in [0.2, 0.25) is 0 Å². The number of carbonyl (C=O) groups is 1. The quantitative estimate of drug-likeness (QED) is 0.435. The van der Waals surface area contributed by atoms with Crippen LogP contribution in [0.3, 0.4) is 0 Å². The number of anilines is 2. The molecule has 4 rings (SSSR count). The molecule has 0 aliphatic rings. The van der Waals surface area contributed by atoms with E-state index in [1.54, 1.807) is 16.2 Å². The molecule has 132 valence electrons. The highest BCUT2D eigenvalue weighted by atomic mass is 32.1. The zero-order chi connectivity index (χ0) is 18.6. The standard InChI is InChI=1S/C23H18N2OS/c1-17-24-21(22(27-17)18-11-5-2-6-12-18)23(26)25(19-13-7-3-8-14-19)20-15-9-4-10-16-20/h2-16H,1H3. The van der Waals surface area contributed by atoms with Crippen LogP contribution >= 0.6 is 11.3 Å². The summed E-state index contributed by atoms with van der Waals surface area (Å²) < 4.78 is 0. The summed E-state index contributed by atoms with van der Waals surface area (Å²) in [6.45, 7) is 1.93. The van der Waals surface area contributed by atoms with Crippen LogP contribution in [0.15, 0.2) is 91.0 Å². The molecule has 0 saturated carbocycles. The topological polar surface area (TPSA) is 33.2 Å². The number of aromatic nitrogens is 1. The number of nitrogens with zero attached hydrogens (tertiary/aromatic N) is 2. The van der Waals surface area contributed by atoms with Crippen molar-refractivity contribution in [2.75, 3.05) is 4.90 Å². The molecule has 0 aliphatic carbocycles. The molecule has 27 heavy (non-hydrogen) atoms. The van der Waals surface area contributed by atoms with E-state index in [0.717, 1.165) is 26.8 Å². The Balaban J connectivity index is 1.84. The van der Waals surface area contributed by atoms with Gasteiger partial charge in [-0.3, -0.25) is 9.69 Å². The summed E-state index contributed by atoms with van der Waals surface area (Å²) in [7, 11) is 0. The molecule has 4 aromatic rings. The minimum Gasteiger partial charge on any atom is -0.276 e. The molecule has 0 spiro atoms. The molecule has 1 heterocycles. The maximum atomic E-state index is 13.6. The third kappa shape index (κ3) is 3.52. The van der Waals surface area contributed by atoms with Crippen molar-refractivity contribution in [3.63, 3.8) is 0 Å². The molecule has 3 aromatic carbocycles. The number of hydrogen-bond acceptors (Lipinski definition) is 3. The second-order valence-electron chi connectivity index (χ2n) is 6.09. The predicted molar refractivity (Wildman–Crippen MR) is 112 cm³/mol. The Kier molecular flexibility index (Phi) is 4.81. The maximum Gasteiger partial charge on any atom is 0.282 e. The van der Waals surface area contributed by atoms with E-state index >= 15 is 0 Å². The molecule has 1 amide bonds. The molecule has 0 radical (unpaired) electrons. The lowest BCUT2D eigenvalue weighted by Gasteiger charge is -2.22. The fourth-order valence-electron chi connectivity index (χ4n) is 3.00. The lowest BCUT2D eigenvalue weighted by atomic mass is 10.1. The minimum absolute atomic E-state index is 0.129. The van der Waals surface area contributed by atoms with E-state index in [-0.39, 0.29) is 5.91 Å². The molecule has 0 N–H and O–H groups in total. The summed E-state index contributed by atoms with van der Waals surface area (Å²) >= 11 is 1.54. The number of para-hydroxylation sites is 2. The molecule has 0 bridgehead atoms. The first kappa shape index (κ1) is 17.2. The van der Waals surface area contributed by atoms with E-state index in [0.29, 0.717) is 5.69 Å². The molecule has 3 nitrogen and oxygen atoms in total. The maximum absolute atomic E-state index is 13.6. The van der Waals surface area contributed by atoms with Crippen molar-refractivity contribution in [3.8, 4) is 10.4 Å². The first-order valence-electron chi connectivity index (χ1n) is 8.71. The van der Waals surface area contributed by atoms with Crippen LogP contribution in [0.2, 0.25) is 0 Å². The van der Waals surface area contributed by atoms with E-state index in [1.165, 1.54) is 0 Å². The minimum atomic E-state index is -0.129. The van der Waals surface area contributed by atoms with Gasteiger partial charge in [-0.15, -0.1) is 11.3 Å². The van der Waals surface area contributed by atoms with Gasteiger partial charge >= 0.3 is 0 Å². The predicted octanol–water partition coefficient (Wildman–Crippen LogP) is 6.10. The van der Waals surface area contributed by atoms with Gasteiger partial charge in [0, 0.05) is 11.4 Å². The molecule has 1 aromatic heterocycles. The summed E-state index contributed by atoms with van der Waals surface area (Å²) in [6, 6.07) is 29.3. The molecule has 4 heteroatoms. The zero-order valence-corrected chi connectivity index (χ0v) is 15.7.